The lowest BCUT2D eigenvalue weighted by atomic mass is 9.92. The number of aromatic nitrogens is 1. The molecular formula is C23H25FN2O3. The molecule has 5 nitrogen and oxygen atoms in total. The summed E-state index contributed by atoms with van der Waals surface area (Å²) < 4.78 is 21.7. The van der Waals surface area contributed by atoms with E-state index in [9.17, 15) is 14.3 Å². The summed E-state index contributed by atoms with van der Waals surface area (Å²) in [6, 6.07) is 12.2. The van der Waals surface area contributed by atoms with Crippen molar-refractivity contribution in [2.45, 2.75) is 44.4 Å². The van der Waals surface area contributed by atoms with Gasteiger partial charge in [-0.2, -0.15) is 0 Å². The average molecular weight is 396 g/mol. The quantitative estimate of drug-likeness (QED) is 0.688. The molecule has 0 radical (unpaired) electrons. The van der Waals surface area contributed by atoms with Crippen LogP contribution >= 0.6 is 0 Å². The van der Waals surface area contributed by atoms with Crippen molar-refractivity contribution in [1.82, 2.24) is 9.88 Å². The fraction of sp³-hybridized carbons (Fsp3) is 0.348. The largest absolute Gasteiger partial charge is 0.497 e. The normalized spacial score (nSPS) is 19.3. The van der Waals surface area contributed by atoms with E-state index in [-0.39, 0.29) is 11.9 Å². The minimum atomic E-state index is -0.551. The Morgan fingerprint density at radius 1 is 1.21 bits per heavy atom. The molecule has 29 heavy (non-hydrogen) atoms. The highest BCUT2D eigenvalue weighted by Crippen LogP contribution is 2.27. The number of ether oxygens (including phenoxy) is 1. The fourth-order valence-electron chi connectivity index (χ4n) is 4.07. The van der Waals surface area contributed by atoms with E-state index in [0.717, 1.165) is 30.6 Å². The second-order valence-corrected chi connectivity index (χ2v) is 7.58. The summed E-state index contributed by atoms with van der Waals surface area (Å²) >= 11 is 0. The van der Waals surface area contributed by atoms with Crippen LogP contribution in [-0.4, -0.2) is 34.8 Å². The first kappa shape index (κ1) is 19.5. The van der Waals surface area contributed by atoms with Crippen molar-refractivity contribution in [3.8, 4) is 5.75 Å². The number of rotatable bonds is 5. The maximum absolute atomic E-state index is 14.7. The third-order valence-electron chi connectivity index (χ3n) is 5.66. The van der Waals surface area contributed by atoms with Crippen LogP contribution in [0.1, 0.15) is 41.6 Å². The number of halogens is 1. The molecule has 1 aromatic heterocycles. The smallest absolute Gasteiger partial charge is 0.253 e. The molecule has 3 aromatic rings. The number of fused-ring (bicyclic) bond motifs is 1. The van der Waals surface area contributed by atoms with Crippen molar-refractivity contribution >= 4 is 16.8 Å². The van der Waals surface area contributed by atoms with Gasteiger partial charge in [-0.25, -0.2) is 4.39 Å². The van der Waals surface area contributed by atoms with E-state index in [1.165, 1.54) is 6.07 Å². The van der Waals surface area contributed by atoms with Gasteiger partial charge in [0.25, 0.3) is 5.91 Å². The van der Waals surface area contributed by atoms with Crippen LogP contribution in [0.4, 0.5) is 4.39 Å². The zero-order valence-electron chi connectivity index (χ0n) is 16.4. The maximum atomic E-state index is 14.7. The molecule has 1 aliphatic rings. The first-order valence-corrected chi connectivity index (χ1v) is 9.96. The summed E-state index contributed by atoms with van der Waals surface area (Å²) in [7, 11) is 1.62. The summed E-state index contributed by atoms with van der Waals surface area (Å²) in [4.78, 5) is 13.0. The summed E-state index contributed by atoms with van der Waals surface area (Å²) in [6.07, 6.45) is 4.49. The van der Waals surface area contributed by atoms with E-state index < -0.39 is 11.9 Å². The standard InChI is InChI=1S/C23H25FN2O3/c1-29-16-11-9-15(10-12-16)13-26-14-17(22-18(24)5-4-7-20(22)26)23(28)25-19-6-2-3-8-21(19)27/h4-5,7,9-12,14,19,21,27H,2-3,6,8,13H2,1H3,(H,25,28)/t19-,21-/m0/s1. The van der Waals surface area contributed by atoms with Crippen LogP contribution in [0.3, 0.4) is 0 Å². The molecule has 1 aliphatic carbocycles. The second-order valence-electron chi connectivity index (χ2n) is 7.58. The van der Waals surface area contributed by atoms with Crippen LogP contribution in [0.5, 0.6) is 5.75 Å². The number of amides is 1. The average Bonchev–Trinajstić information content (AvgIpc) is 3.10. The first-order valence-electron chi connectivity index (χ1n) is 9.96. The lowest BCUT2D eigenvalue weighted by molar-refractivity contribution is 0.0718. The van der Waals surface area contributed by atoms with Crippen LogP contribution in [-0.2, 0) is 6.54 Å². The summed E-state index contributed by atoms with van der Waals surface area (Å²) in [5.74, 6) is -0.00637. The molecule has 0 saturated heterocycles. The van der Waals surface area contributed by atoms with E-state index in [1.807, 2.05) is 34.9 Å². The lowest BCUT2D eigenvalue weighted by Crippen LogP contribution is -2.45. The highest BCUT2D eigenvalue weighted by molar-refractivity contribution is 6.07. The van der Waals surface area contributed by atoms with Gasteiger partial charge >= 0.3 is 0 Å². The number of nitrogens with one attached hydrogen (secondary N) is 1. The Morgan fingerprint density at radius 2 is 1.97 bits per heavy atom. The Labute approximate surface area is 169 Å². The molecule has 0 spiro atoms. The van der Waals surface area contributed by atoms with Crippen LogP contribution in [0.25, 0.3) is 10.9 Å². The van der Waals surface area contributed by atoms with Crippen molar-refractivity contribution < 1.29 is 19.0 Å². The third-order valence-corrected chi connectivity index (χ3v) is 5.66. The number of methoxy groups -OCH3 is 1. The van der Waals surface area contributed by atoms with Gasteiger partial charge < -0.3 is 19.7 Å². The number of nitrogens with zero attached hydrogens (tertiary/aromatic N) is 1. The fourth-order valence-corrected chi connectivity index (χ4v) is 4.07. The summed E-state index contributed by atoms with van der Waals surface area (Å²) in [5.41, 5.74) is 1.97. The van der Waals surface area contributed by atoms with Crippen molar-refractivity contribution in [3.63, 3.8) is 0 Å². The molecule has 2 aromatic carbocycles. The SMILES string of the molecule is COc1ccc(Cn2cc(C(=O)N[C@H]3CCCC[C@@H]3O)c3c(F)cccc32)cc1. The highest BCUT2D eigenvalue weighted by Gasteiger charge is 2.27. The predicted octanol–water partition coefficient (Wildman–Crippen LogP) is 3.87. The Morgan fingerprint density at radius 3 is 2.69 bits per heavy atom. The van der Waals surface area contributed by atoms with E-state index in [4.69, 9.17) is 4.74 Å². The zero-order chi connectivity index (χ0) is 20.4. The van der Waals surface area contributed by atoms with Gasteiger partial charge in [0.15, 0.2) is 0 Å². The zero-order valence-corrected chi connectivity index (χ0v) is 16.4. The van der Waals surface area contributed by atoms with Gasteiger partial charge in [0.2, 0.25) is 0 Å². The molecule has 2 atom stereocenters. The van der Waals surface area contributed by atoms with Crippen LogP contribution < -0.4 is 10.1 Å². The molecule has 0 unspecified atom stereocenters. The van der Waals surface area contributed by atoms with E-state index in [2.05, 4.69) is 5.32 Å². The van der Waals surface area contributed by atoms with Gasteiger partial charge in [-0.1, -0.05) is 31.0 Å². The first-order chi connectivity index (χ1) is 14.1. The van der Waals surface area contributed by atoms with Gasteiger partial charge in [0.1, 0.15) is 11.6 Å². The number of carbonyl (C=O) groups is 1. The Hall–Kier alpha value is -2.86. The summed E-state index contributed by atoms with van der Waals surface area (Å²) in [5, 5.41) is 13.4. The Kier molecular flexibility index (Phi) is 5.53. The maximum Gasteiger partial charge on any atom is 0.253 e. The predicted molar refractivity (Wildman–Crippen MR) is 110 cm³/mol. The van der Waals surface area contributed by atoms with Gasteiger partial charge in [0, 0.05) is 18.1 Å². The lowest BCUT2D eigenvalue weighted by Gasteiger charge is -2.28. The van der Waals surface area contributed by atoms with Gasteiger partial charge in [-0.05, 0) is 42.7 Å². The minimum absolute atomic E-state index is 0.289. The van der Waals surface area contributed by atoms with Crippen LogP contribution in [0.15, 0.2) is 48.7 Å². The topological polar surface area (TPSA) is 63.5 Å². The molecule has 0 bridgehead atoms. The molecule has 1 amide bonds. The number of hydrogen-bond donors (Lipinski definition) is 2. The van der Waals surface area contributed by atoms with Crippen molar-refractivity contribution in [2.24, 2.45) is 0 Å². The molecule has 1 heterocycles. The van der Waals surface area contributed by atoms with Gasteiger partial charge in [0.05, 0.1) is 30.3 Å². The molecule has 152 valence electrons. The Bertz CT molecular complexity index is 1010. The van der Waals surface area contributed by atoms with Crippen molar-refractivity contribution in [2.75, 3.05) is 7.11 Å². The van der Waals surface area contributed by atoms with Crippen LogP contribution in [0.2, 0.25) is 0 Å². The molecule has 1 fully saturated rings. The van der Waals surface area contributed by atoms with E-state index in [1.54, 1.807) is 19.4 Å². The number of aliphatic hydroxyl groups is 1. The monoisotopic (exact) mass is 396 g/mol. The van der Waals surface area contributed by atoms with E-state index in [0.29, 0.717) is 29.4 Å². The second kappa shape index (κ2) is 8.25. The highest BCUT2D eigenvalue weighted by atomic mass is 19.1. The number of carbonyl (C=O) groups excluding carboxylic acids is 1. The van der Waals surface area contributed by atoms with Crippen molar-refractivity contribution in [1.29, 1.82) is 0 Å². The van der Waals surface area contributed by atoms with Gasteiger partial charge in [-0.3, -0.25) is 4.79 Å². The van der Waals surface area contributed by atoms with Gasteiger partial charge in [-0.15, -0.1) is 0 Å². The minimum Gasteiger partial charge on any atom is -0.497 e. The van der Waals surface area contributed by atoms with Crippen molar-refractivity contribution in [3.05, 3.63) is 65.6 Å². The molecule has 2 N–H and O–H groups in total. The summed E-state index contributed by atoms with van der Waals surface area (Å²) in [6.45, 7) is 0.503. The number of benzene rings is 2. The molecular weight excluding hydrogens is 371 g/mol. The molecule has 0 aliphatic heterocycles. The molecule has 1 saturated carbocycles. The number of hydrogen-bond acceptors (Lipinski definition) is 3. The number of aliphatic hydroxyl groups excluding tert-OH is 1. The van der Waals surface area contributed by atoms with Crippen LogP contribution in [0, 0.1) is 5.82 Å². The Balaban J connectivity index is 1.66. The molecule has 4 rings (SSSR count). The third kappa shape index (κ3) is 3.98. The van der Waals surface area contributed by atoms with E-state index >= 15 is 0 Å². The molecule has 6 heteroatoms.